The van der Waals surface area contributed by atoms with Crippen molar-refractivity contribution in [1.29, 1.82) is 0 Å². The first-order valence-electron chi connectivity index (χ1n) is 10.6. The van der Waals surface area contributed by atoms with Gasteiger partial charge in [-0.3, -0.25) is 9.59 Å². The van der Waals surface area contributed by atoms with Crippen LogP contribution in [0.4, 0.5) is 10.2 Å². The lowest BCUT2D eigenvalue weighted by atomic mass is 9.99. The molecule has 5 rings (SSSR count). The number of nitrogens with zero attached hydrogens (tertiary/aromatic N) is 8. The second-order valence-electron chi connectivity index (χ2n) is 7.75. The van der Waals surface area contributed by atoms with Gasteiger partial charge < -0.3 is 10.2 Å². The molecule has 0 unspecified atom stereocenters. The van der Waals surface area contributed by atoms with E-state index in [0.717, 1.165) is 0 Å². The van der Waals surface area contributed by atoms with Crippen molar-refractivity contribution in [1.82, 2.24) is 39.8 Å². The Morgan fingerprint density at radius 2 is 1.85 bits per heavy atom. The standard InChI is InChI=1S/C22H20FN9O2/c23-17-3-1-15(2-4-17)18-5-6-21(33)31(29-18)8-7-25-22(34)16-10-30(11-16)19-9-20(27-13-26-19)32-14-24-12-28-32/h1-6,9,12-14,16H,7-8,10-11H2,(H,25,34). The fourth-order valence-electron chi connectivity index (χ4n) is 3.61. The van der Waals surface area contributed by atoms with Gasteiger partial charge in [0.1, 0.15) is 30.6 Å². The van der Waals surface area contributed by atoms with Crippen molar-refractivity contribution in [3.05, 3.63) is 77.6 Å². The number of carbonyl (C=O) groups is 1. The summed E-state index contributed by atoms with van der Waals surface area (Å²) in [7, 11) is 0. The largest absolute Gasteiger partial charge is 0.355 e. The second-order valence-corrected chi connectivity index (χ2v) is 7.75. The first-order chi connectivity index (χ1) is 16.6. The van der Waals surface area contributed by atoms with Gasteiger partial charge in [0.15, 0.2) is 5.82 Å². The highest BCUT2D eigenvalue weighted by atomic mass is 19.1. The minimum Gasteiger partial charge on any atom is -0.355 e. The Morgan fingerprint density at radius 3 is 2.62 bits per heavy atom. The number of hydrogen-bond donors (Lipinski definition) is 1. The number of anilines is 1. The molecular weight excluding hydrogens is 441 g/mol. The van der Waals surface area contributed by atoms with Gasteiger partial charge in [0, 0.05) is 37.3 Å². The van der Waals surface area contributed by atoms with E-state index in [0.29, 0.717) is 36.0 Å². The molecule has 1 saturated heterocycles. The maximum Gasteiger partial charge on any atom is 0.266 e. The van der Waals surface area contributed by atoms with Crippen molar-refractivity contribution in [2.24, 2.45) is 5.92 Å². The van der Waals surface area contributed by atoms with E-state index in [1.54, 1.807) is 30.6 Å². The Balaban J connectivity index is 1.14. The molecule has 1 aliphatic heterocycles. The molecule has 172 valence electrons. The number of amides is 1. The summed E-state index contributed by atoms with van der Waals surface area (Å²) in [5.41, 5.74) is 0.975. The molecule has 12 heteroatoms. The smallest absolute Gasteiger partial charge is 0.266 e. The number of rotatable bonds is 7. The highest BCUT2D eigenvalue weighted by molar-refractivity contribution is 5.81. The summed E-state index contributed by atoms with van der Waals surface area (Å²) in [6, 6.07) is 10.7. The Hall–Kier alpha value is -4.48. The van der Waals surface area contributed by atoms with Gasteiger partial charge >= 0.3 is 0 Å². The third-order valence-corrected chi connectivity index (χ3v) is 5.50. The zero-order chi connectivity index (χ0) is 23.5. The molecule has 1 N–H and O–H groups in total. The maximum absolute atomic E-state index is 13.2. The monoisotopic (exact) mass is 461 g/mol. The van der Waals surface area contributed by atoms with Crippen LogP contribution in [0, 0.1) is 11.7 Å². The lowest BCUT2D eigenvalue weighted by Gasteiger charge is -2.39. The summed E-state index contributed by atoms with van der Waals surface area (Å²) in [6.07, 6.45) is 4.42. The minimum atomic E-state index is -0.343. The lowest BCUT2D eigenvalue weighted by Crippen LogP contribution is -2.54. The third kappa shape index (κ3) is 4.51. The van der Waals surface area contributed by atoms with Crippen molar-refractivity contribution >= 4 is 11.7 Å². The van der Waals surface area contributed by atoms with E-state index in [2.05, 4.69) is 30.5 Å². The molecule has 3 aromatic heterocycles. The van der Waals surface area contributed by atoms with Crippen molar-refractivity contribution in [3.8, 4) is 17.1 Å². The number of halogens is 1. The Bertz CT molecular complexity index is 1350. The molecule has 1 fully saturated rings. The van der Waals surface area contributed by atoms with Crippen LogP contribution in [0.3, 0.4) is 0 Å². The van der Waals surface area contributed by atoms with Gasteiger partial charge in [-0.05, 0) is 30.3 Å². The molecule has 4 heterocycles. The van der Waals surface area contributed by atoms with E-state index < -0.39 is 0 Å². The van der Waals surface area contributed by atoms with E-state index in [1.165, 1.54) is 40.2 Å². The fourth-order valence-corrected chi connectivity index (χ4v) is 3.61. The summed E-state index contributed by atoms with van der Waals surface area (Å²) in [4.78, 5) is 39.0. The number of carbonyl (C=O) groups excluding carboxylic acids is 1. The van der Waals surface area contributed by atoms with Crippen LogP contribution < -0.4 is 15.8 Å². The summed E-state index contributed by atoms with van der Waals surface area (Å²) in [6.45, 7) is 1.54. The SMILES string of the molecule is O=C(NCCn1nc(-c2ccc(F)cc2)ccc1=O)C1CN(c2cc(-n3cncn3)ncn2)C1. The van der Waals surface area contributed by atoms with Crippen molar-refractivity contribution in [2.45, 2.75) is 6.54 Å². The van der Waals surface area contributed by atoms with Gasteiger partial charge in [-0.15, -0.1) is 0 Å². The van der Waals surface area contributed by atoms with E-state index in [-0.39, 0.29) is 36.3 Å². The number of hydrogen-bond acceptors (Lipinski definition) is 8. The summed E-state index contributed by atoms with van der Waals surface area (Å²) < 4.78 is 16.0. The van der Waals surface area contributed by atoms with Crippen LogP contribution in [0.25, 0.3) is 17.1 Å². The molecule has 34 heavy (non-hydrogen) atoms. The summed E-state index contributed by atoms with van der Waals surface area (Å²) in [5.74, 6) is 0.684. The van der Waals surface area contributed by atoms with Crippen molar-refractivity contribution < 1.29 is 9.18 Å². The van der Waals surface area contributed by atoms with Crippen LogP contribution in [0.1, 0.15) is 0 Å². The average Bonchev–Trinajstić information content (AvgIpc) is 3.35. The van der Waals surface area contributed by atoms with Crippen molar-refractivity contribution in [3.63, 3.8) is 0 Å². The van der Waals surface area contributed by atoms with Crippen molar-refractivity contribution in [2.75, 3.05) is 24.5 Å². The van der Waals surface area contributed by atoms with E-state index >= 15 is 0 Å². The Morgan fingerprint density at radius 1 is 1.06 bits per heavy atom. The number of nitrogens with one attached hydrogen (secondary N) is 1. The highest BCUT2D eigenvalue weighted by Crippen LogP contribution is 2.23. The molecule has 0 radical (unpaired) electrons. The number of aromatic nitrogens is 7. The Labute approximate surface area is 192 Å². The van der Waals surface area contributed by atoms with Crippen LogP contribution in [0.15, 0.2) is 66.2 Å². The lowest BCUT2D eigenvalue weighted by molar-refractivity contribution is -0.125. The molecule has 0 spiro atoms. The van der Waals surface area contributed by atoms with Gasteiger partial charge in [0.2, 0.25) is 5.91 Å². The van der Waals surface area contributed by atoms with Crippen LogP contribution in [0.5, 0.6) is 0 Å². The van der Waals surface area contributed by atoms with Crippen LogP contribution in [-0.4, -0.2) is 60.1 Å². The van der Waals surface area contributed by atoms with Gasteiger partial charge in [-0.2, -0.15) is 10.2 Å². The minimum absolute atomic E-state index is 0.0930. The predicted octanol–water partition coefficient (Wildman–Crippen LogP) is 0.673. The van der Waals surface area contributed by atoms with Crippen LogP contribution in [-0.2, 0) is 11.3 Å². The summed E-state index contributed by atoms with van der Waals surface area (Å²) >= 11 is 0. The third-order valence-electron chi connectivity index (χ3n) is 5.50. The van der Waals surface area contributed by atoms with Crippen LogP contribution in [0.2, 0.25) is 0 Å². The normalized spacial score (nSPS) is 13.5. The van der Waals surface area contributed by atoms with Gasteiger partial charge in [0.25, 0.3) is 5.56 Å². The average molecular weight is 461 g/mol. The molecule has 1 aromatic carbocycles. The van der Waals surface area contributed by atoms with Gasteiger partial charge in [-0.25, -0.2) is 28.7 Å². The molecule has 4 aromatic rings. The molecule has 0 saturated carbocycles. The van der Waals surface area contributed by atoms with E-state index in [9.17, 15) is 14.0 Å². The first-order valence-corrected chi connectivity index (χ1v) is 10.6. The molecule has 1 aliphatic rings. The van der Waals surface area contributed by atoms with Gasteiger partial charge in [0.05, 0.1) is 18.2 Å². The maximum atomic E-state index is 13.2. The first kappa shape index (κ1) is 21.4. The topological polar surface area (TPSA) is 124 Å². The fraction of sp³-hybridized carbons (Fsp3) is 0.227. The van der Waals surface area contributed by atoms with E-state index in [4.69, 9.17) is 0 Å². The predicted molar refractivity (Wildman–Crippen MR) is 120 cm³/mol. The number of benzene rings is 1. The van der Waals surface area contributed by atoms with Gasteiger partial charge in [-0.1, -0.05) is 0 Å². The van der Waals surface area contributed by atoms with E-state index in [1.807, 2.05) is 4.90 Å². The highest BCUT2D eigenvalue weighted by Gasteiger charge is 2.33. The second kappa shape index (κ2) is 9.17. The zero-order valence-electron chi connectivity index (χ0n) is 18.0. The van der Waals surface area contributed by atoms with Crippen LogP contribution >= 0.6 is 0 Å². The quantitative estimate of drug-likeness (QED) is 0.426. The molecule has 11 nitrogen and oxygen atoms in total. The zero-order valence-corrected chi connectivity index (χ0v) is 18.0. The molecule has 0 aliphatic carbocycles. The molecule has 0 atom stereocenters. The molecular formula is C22H20FN9O2. The Kier molecular flexibility index (Phi) is 5.77. The molecule has 1 amide bonds. The summed E-state index contributed by atoms with van der Waals surface area (Å²) in [5, 5.41) is 11.2. The molecule has 0 bridgehead atoms.